The summed E-state index contributed by atoms with van der Waals surface area (Å²) in [7, 11) is -4.30. The fraction of sp³-hybridized carbons (Fsp3) is 0.467. The summed E-state index contributed by atoms with van der Waals surface area (Å²) in [6.45, 7) is 0.386. The first-order valence-corrected chi connectivity index (χ1v) is 12.5. The molecular formula is C15H20N2O5S4. The van der Waals surface area contributed by atoms with Crippen LogP contribution < -0.4 is 0 Å². The molecule has 1 fully saturated rings. The molecular weight excluding hydrogens is 416 g/mol. The first-order chi connectivity index (χ1) is 12.2. The highest BCUT2D eigenvalue weighted by Crippen LogP contribution is 2.36. The number of nitrogens with zero attached hydrogens (tertiary/aromatic N) is 2. The van der Waals surface area contributed by atoms with Gasteiger partial charge in [-0.05, 0) is 22.9 Å². The first kappa shape index (κ1) is 19.9. The minimum absolute atomic E-state index is 0.193. The van der Waals surface area contributed by atoms with Gasteiger partial charge in [-0.1, -0.05) is 12.1 Å². The van der Waals surface area contributed by atoms with Crippen LogP contribution in [0.2, 0.25) is 0 Å². The Labute approximate surface area is 161 Å². The Balaban J connectivity index is 1.81. The normalized spacial score (nSPS) is 19.0. The van der Waals surface area contributed by atoms with Crippen molar-refractivity contribution in [3.63, 3.8) is 0 Å². The molecule has 7 nitrogen and oxygen atoms in total. The molecule has 2 aromatic rings. The van der Waals surface area contributed by atoms with Crippen LogP contribution in [0.1, 0.15) is 12.8 Å². The predicted octanol–water partition coefficient (Wildman–Crippen LogP) is 2.26. The summed E-state index contributed by atoms with van der Waals surface area (Å²) in [5, 5.41) is 3.42. The molecule has 0 saturated carbocycles. The molecule has 0 spiro atoms. The van der Waals surface area contributed by atoms with Crippen LogP contribution in [0.5, 0.6) is 0 Å². The largest absolute Gasteiger partial charge is 0.363 e. The molecule has 26 heavy (non-hydrogen) atoms. The van der Waals surface area contributed by atoms with Gasteiger partial charge in [0.25, 0.3) is 20.0 Å². The average Bonchev–Trinajstić information content (AvgIpc) is 3.34. The van der Waals surface area contributed by atoms with Crippen LogP contribution in [0.25, 0.3) is 0 Å². The minimum atomic E-state index is -3.70. The van der Waals surface area contributed by atoms with E-state index in [2.05, 4.69) is 0 Å². The van der Waals surface area contributed by atoms with Crippen LogP contribution >= 0.6 is 22.7 Å². The van der Waals surface area contributed by atoms with Gasteiger partial charge in [-0.15, -0.1) is 22.7 Å². The monoisotopic (exact) mass is 436 g/mol. The summed E-state index contributed by atoms with van der Waals surface area (Å²) in [6, 6.07) is 6.51. The highest BCUT2D eigenvalue weighted by molar-refractivity contribution is 7.91. The summed E-state index contributed by atoms with van der Waals surface area (Å²) in [5.74, 6) is 0. The molecule has 0 unspecified atom stereocenters. The molecule has 1 aliphatic rings. The quantitative estimate of drug-likeness (QED) is 0.649. The van der Waals surface area contributed by atoms with E-state index in [1.807, 2.05) is 0 Å². The molecule has 1 saturated heterocycles. The topological polar surface area (TPSA) is 84.0 Å². The molecule has 11 heteroatoms. The summed E-state index contributed by atoms with van der Waals surface area (Å²) >= 11 is 2.32. The fourth-order valence-electron chi connectivity index (χ4n) is 3.03. The van der Waals surface area contributed by atoms with E-state index in [4.69, 9.17) is 4.74 Å². The summed E-state index contributed by atoms with van der Waals surface area (Å²) in [4.78, 5) is 0. The number of piperidine rings is 1. The molecule has 3 heterocycles. The zero-order chi connectivity index (χ0) is 19.0. The lowest BCUT2D eigenvalue weighted by Crippen LogP contribution is -2.57. The third-order valence-electron chi connectivity index (χ3n) is 4.66. The van der Waals surface area contributed by atoms with Crippen molar-refractivity contribution in [1.82, 2.24) is 8.61 Å². The second-order valence-corrected chi connectivity index (χ2v) is 12.1. The predicted molar refractivity (Wildman–Crippen MR) is 101 cm³/mol. The molecule has 0 atom stereocenters. The van der Waals surface area contributed by atoms with Gasteiger partial charge in [0.1, 0.15) is 14.1 Å². The molecule has 0 radical (unpaired) electrons. The minimum Gasteiger partial charge on any atom is -0.363 e. The number of sulfonamides is 2. The number of ether oxygens (including phenoxy) is 1. The van der Waals surface area contributed by atoms with Gasteiger partial charge in [0.2, 0.25) is 0 Å². The van der Waals surface area contributed by atoms with Gasteiger partial charge >= 0.3 is 0 Å². The van der Waals surface area contributed by atoms with Crippen LogP contribution in [0.4, 0.5) is 0 Å². The third-order valence-corrected chi connectivity index (χ3v) is 11.2. The van der Waals surface area contributed by atoms with E-state index in [1.165, 1.54) is 34.1 Å². The van der Waals surface area contributed by atoms with Crippen molar-refractivity contribution in [1.29, 1.82) is 0 Å². The van der Waals surface area contributed by atoms with E-state index in [-0.39, 0.29) is 30.1 Å². The van der Waals surface area contributed by atoms with E-state index >= 15 is 0 Å². The fourth-order valence-corrected chi connectivity index (χ4v) is 8.26. The second-order valence-electron chi connectivity index (χ2n) is 5.89. The number of hydrogen-bond donors (Lipinski definition) is 0. The van der Waals surface area contributed by atoms with Crippen LogP contribution in [0.3, 0.4) is 0 Å². The lowest BCUT2D eigenvalue weighted by Gasteiger charge is -2.44. The van der Waals surface area contributed by atoms with E-state index in [9.17, 15) is 16.8 Å². The second kappa shape index (κ2) is 7.30. The Morgan fingerprint density at radius 3 is 2.04 bits per heavy atom. The first-order valence-electron chi connectivity index (χ1n) is 7.85. The van der Waals surface area contributed by atoms with Crippen molar-refractivity contribution >= 4 is 42.7 Å². The Kier molecular flexibility index (Phi) is 5.60. The zero-order valence-corrected chi connectivity index (χ0v) is 17.6. The van der Waals surface area contributed by atoms with Gasteiger partial charge in [0.05, 0.1) is 0 Å². The van der Waals surface area contributed by atoms with Crippen molar-refractivity contribution < 1.29 is 21.6 Å². The summed E-state index contributed by atoms with van der Waals surface area (Å²) in [5.41, 5.74) is -1.07. The van der Waals surface area contributed by atoms with E-state index in [0.717, 1.165) is 11.3 Å². The molecule has 0 bridgehead atoms. The standard InChI is InChI=1S/C15H20N2O5S4/c1-16(25(18,19)13-5-3-11-23-13)15(22-2)7-9-17(10-8-15)26(20,21)14-6-4-12-24-14/h3-6,11-12H,7-10H2,1-2H3. The molecule has 1 aliphatic heterocycles. The van der Waals surface area contributed by atoms with Gasteiger partial charge in [-0.2, -0.15) is 8.61 Å². The Morgan fingerprint density at radius 1 is 1.04 bits per heavy atom. The van der Waals surface area contributed by atoms with E-state index in [1.54, 1.807) is 35.0 Å². The van der Waals surface area contributed by atoms with Crippen LogP contribution in [-0.4, -0.2) is 58.4 Å². The van der Waals surface area contributed by atoms with Gasteiger partial charge in [0, 0.05) is 40.1 Å². The summed E-state index contributed by atoms with van der Waals surface area (Å²) in [6.07, 6.45) is 0.518. The van der Waals surface area contributed by atoms with Crippen LogP contribution in [0, 0.1) is 0 Å². The summed E-state index contributed by atoms with van der Waals surface area (Å²) < 4.78 is 59.8. The number of hydrogen-bond acceptors (Lipinski definition) is 7. The van der Waals surface area contributed by atoms with Crippen molar-refractivity contribution in [2.75, 3.05) is 27.2 Å². The van der Waals surface area contributed by atoms with Gasteiger partial charge in [0.15, 0.2) is 0 Å². The smallest absolute Gasteiger partial charge is 0.254 e. The Bertz CT molecular complexity index is 928. The zero-order valence-electron chi connectivity index (χ0n) is 14.4. The third kappa shape index (κ3) is 3.37. The molecule has 144 valence electrons. The van der Waals surface area contributed by atoms with Crippen LogP contribution in [0.15, 0.2) is 43.4 Å². The molecule has 0 aromatic carbocycles. The van der Waals surface area contributed by atoms with Crippen molar-refractivity contribution in [3.8, 4) is 0 Å². The van der Waals surface area contributed by atoms with Gasteiger partial charge in [-0.3, -0.25) is 0 Å². The lowest BCUT2D eigenvalue weighted by atomic mass is 10.0. The number of thiophene rings is 2. The molecule has 0 N–H and O–H groups in total. The Morgan fingerprint density at radius 2 is 1.58 bits per heavy atom. The van der Waals surface area contributed by atoms with Crippen LogP contribution in [-0.2, 0) is 24.8 Å². The number of methoxy groups -OCH3 is 1. The van der Waals surface area contributed by atoms with Crippen molar-refractivity contribution in [2.24, 2.45) is 0 Å². The lowest BCUT2D eigenvalue weighted by molar-refractivity contribution is -0.114. The van der Waals surface area contributed by atoms with Crippen molar-refractivity contribution in [2.45, 2.75) is 27.0 Å². The molecule has 0 amide bonds. The van der Waals surface area contributed by atoms with E-state index < -0.39 is 25.8 Å². The maximum atomic E-state index is 12.8. The molecule has 3 rings (SSSR count). The van der Waals surface area contributed by atoms with Crippen molar-refractivity contribution in [3.05, 3.63) is 35.0 Å². The molecule has 2 aromatic heterocycles. The van der Waals surface area contributed by atoms with Gasteiger partial charge in [-0.25, -0.2) is 16.8 Å². The molecule has 0 aliphatic carbocycles. The van der Waals surface area contributed by atoms with E-state index in [0.29, 0.717) is 4.21 Å². The highest BCUT2D eigenvalue weighted by atomic mass is 32.3. The highest BCUT2D eigenvalue weighted by Gasteiger charge is 2.46. The Hall–Kier alpha value is -0.820. The maximum absolute atomic E-state index is 12.8. The van der Waals surface area contributed by atoms with Gasteiger partial charge < -0.3 is 4.74 Å². The average molecular weight is 437 g/mol. The number of rotatable bonds is 6. The SMILES string of the molecule is COC1(N(C)S(=O)(=O)c2cccs2)CCN(S(=O)(=O)c2cccs2)CC1. The maximum Gasteiger partial charge on any atom is 0.254 e.